The maximum atomic E-state index is 12.9. The molecule has 11 heteroatoms. The second-order valence-electron chi connectivity index (χ2n) is 7.72. The van der Waals surface area contributed by atoms with Gasteiger partial charge in [0.05, 0.1) is 5.69 Å². The van der Waals surface area contributed by atoms with Gasteiger partial charge in [-0.3, -0.25) is 0 Å². The van der Waals surface area contributed by atoms with Crippen LogP contribution in [-0.2, 0) is 10.0 Å². The molecule has 1 aliphatic rings. The van der Waals surface area contributed by atoms with Crippen LogP contribution in [-0.4, -0.2) is 60.0 Å². The molecule has 10 nitrogen and oxygen atoms in total. The number of amides is 2. The Morgan fingerprint density at radius 3 is 2.34 bits per heavy atom. The third-order valence-electron chi connectivity index (χ3n) is 5.48. The van der Waals surface area contributed by atoms with E-state index < -0.39 is 10.0 Å². The molecule has 32 heavy (non-hydrogen) atoms. The van der Waals surface area contributed by atoms with Gasteiger partial charge in [0.1, 0.15) is 16.3 Å². The second kappa shape index (κ2) is 8.40. The Morgan fingerprint density at radius 2 is 1.75 bits per heavy atom. The lowest BCUT2D eigenvalue weighted by Gasteiger charge is -2.33. The first kappa shape index (κ1) is 22.0. The molecule has 2 aromatic heterocycles. The molecule has 1 fully saturated rings. The summed E-state index contributed by atoms with van der Waals surface area (Å²) >= 11 is 0. The Balaban J connectivity index is 1.41. The van der Waals surface area contributed by atoms with Gasteiger partial charge in [0.2, 0.25) is 15.9 Å². The summed E-state index contributed by atoms with van der Waals surface area (Å²) in [7, 11) is -3.72. The van der Waals surface area contributed by atoms with E-state index in [1.165, 1.54) is 4.31 Å². The van der Waals surface area contributed by atoms with Crippen LogP contribution in [0.5, 0.6) is 0 Å². The Labute approximate surface area is 186 Å². The fourth-order valence-electron chi connectivity index (χ4n) is 3.63. The van der Waals surface area contributed by atoms with Crippen molar-refractivity contribution in [2.45, 2.75) is 32.6 Å². The largest absolute Gasteiger partial charge is 0.441 e. The van der Waals surface area contributed by atoms with Gasteiger partial charge in [-0.1, -0.05) is 11.2 Å². The van der Waals surface area contributed by atoms with Gasteiger partial charge in [-0.05, 0) is 45.9 Å². The molecule has 1 saturated heterocycles. The van der Waals surface area contributed by atoms with Crippen LogP contribution >= 0.6 is 0 Å². The molecule has 0 spiro atoms. The summed E-state index contributed by atoms with van der Waals surface area (Å²) in [6.45, 7) is 7.82. The number of hydrogen-bond donors (Lipinski definition) is 1. The van der Waals surface area contributed by atoms with Crippen LogP contribution in [0.15, 0.2) is 38.1 Å². The second-order valence-corrected chi connectivity index (χ2v) is 9.59. The molecular weight excluding hydrogens is 434 g/mol. The summed E-state index contributed by atoms with van der Waals surface area (Å²) < 4.78 is 37.9. The highest BCUT2D eigenvalue weighted by atomic mass is 32.2. The van der Waals surface area contributed by atoms with Crippen molar-refractivity contribution in [2.75, 3.05) is 31.5 Å². The highest BCUT2D eigenvalue weighted by Crippen LogP contribution is 2.26. The van der Waals surface area contributed by atoms with Crippen LogP contribution in [0, 0.1) is 27.7 Å². The number of hydrogen-bond acceptors (Lipinski definition) is 7. The Hall–Kier alpha value is -3.18. The zero-order valence-corrected chi connectivity index (χ0v) is 19.2. The zero-order chi connectivity index (χ0) is 23.0. The Bertz CT molecular complexity index is 1220. The lowest BCUT2D eigenvalue weighted by Crippen LogP contribution is -2.51. The molecule has 0 atom stereocenters. The summed E-state index contributed by atoms with van der Waals surface area (Å²) in [6, 6.07) is 6.95. The first-order chi connectivity index (χ1) is 15.2. The van der Waals surface area contributed by atoms with Gasteiger partial charge >= 0.3 is 6.03 Å². The SMILES string of the molecule is Cc1nc(-c2cccc(NC(=O)N3CCN(S(=O)(=O)c4c(C)noc4C)CC3)c2)oc1C. The molecule has 1 aromatic carbocycles. The third kappa shape index (κ3) is 4.13. The van der Waals surface area contributed by atoms with Gasteiger partial charge in [-0.15, -0.1) is 0 Å². The van der Waals surface area contributed by atoms with Crippen molar-refractivity contribution in [2.24, 2.45) is 0 Å². The smallest absolute Gasteiger partial charge is 0.321 e. The fraction of sp³-hybridized carbons (Fsp3) is 0.381. The van der Waals surface area contributed by atoms with Crippen LogP contribution < -0.4 is 5.32 Å². The summed E-state index contributed by atoms with van der Waals surface area (Å²) in [5.74, 6) is 1.51. The van der Waals surface area contributed by atoms with Crippen molar-refractivity contribution in [3.05, 3.63) is 47.2 Å². The van der Waals surface area contributed by atoms with E-state index in [0.717, 1.165) is 17.0 Å². The van der Waals surface area contributed by atoms with E-state index in [1.807, 2.05) is 26.0 Å². The molecule has 0 unspecified atom stereocenters. The summed E-state index contributed by atoms with van der Waals surface area (Å²) in [5, 5.41) is 6.60. The average Bonchev–Trinajstić information content (AvgIpc) is 3.29. The van der Waals surface area contributed by atoms with Gasteiger partial charge < -0.3 is 19.2 Å². The average molecular weight is 460 g/mol. The number of nitrogens with one attached hydrogen (secondary N) is 1. The molecule has 3 heterocycles. The lowest BCUT2D eigenvalue weighted by molar-refractivity contribution is 0.184. The van der Waals surface area contributed by atoms with E-state index in [0.29, 0.717) is 17.3 Å². The van der Waals surface area contributed by atoms with E-state index in [9.17, 15) is 13.2 Å². The van der Waals surface area contributed by atoms with Crippen molar-refractivity contribution >= 4 is 21.7 Å². The van der Waals surface area contributed by atoms with Crippen molar-refractivity contribution in [1.82, 2.24) is 19.3 Å². The fourth-order valence-corrected chi connectivity index (χ4v) is 5.35. The molecule has 0 aliphatic carbocycles. The van der Waals surface area contributed by atoms with Crippen molar-refractivity contribution in [1.29, 1.82) is 0 Å². The van der Waals surface area contributed by atoms with E-state index in [4.69, 9.17) is 8.94 Å². The summed E-state index contributed by atoms with van der Waals surface area (Å²) in [6.07, 6.45) is 0. The highest BCUT2D eigenvalue weighted by Gasteiger charge is 2.34. The molecule has 1 aliphatic heterocycles. The molecule has 3 aromatic rings. The zero-order valence-electron chi connectivity index (χ0n) is 18.4. The minimum Gasteiger partial charge on any atom is -0.441 e. The van der Waals surface area contributed by atoms with Crippen LogP contribution in [0.1, 0.15) is 22.9 Å². The number of oxazole rings is 1. The molecule has 2 amide bonds. The van der Waals surface area contributed by atoms with Crippen molar-refractivity contribution in [3.63, 3.8) is 0 Å². The number of carbonyl (C=O) groups excluding carboxylic acids is 1. The molecule has 0 bridgehead atoms. The number of anilines is 1. The normalized spacial score (nSPS) is 15.2. The highest BCUT2D eigenvalue weighted by molar-refractivity contribution is 7.89. The molecule has 0 saturated carbocycles. The summed E-state index contributed by atoms with van der Waals surface area (Å²) in [5.41, 5.74) is 2.51. The van der Waals surface area contributed by atoms with E-state index in [-0.39, 0.29) is 42.9 Å². The molecule has 1 N–H and O–H groups in total. The van der Waals surface area contributed by atoms with Gasteiger partial charge in [-0.2, -0.15) is 4.31 Å². The van der Waals surface area contributed by atoms with Crippen LogP contribution in [0.3, 0.4) is 0 Å². The van der Waals surface area contributed by atoms with E-state index >= 15 is 0 Å². The number of sulfonamides is 1. The van der Waals surface area contributed by atoms with Crippen molar-refractivity contribution in [3.8, 4) is 11.5 Å². The first-order valence-electron chi connectivity index (χ1n) is 10.2. The first-order valence-corrected chi connectivity index (χ1v) is 11.6. The number of aromatic nitrogens is 2. The van der Waals surface area contributed by atoms with Gasteiger partial charge in [0, 0.05) is 37.4 Å². The van der Waals surface area contributed by atoms with E-state index in [1.54, 1.807) is 30.9 Å². The number of benzene rings is 1. The van der Waals surface area contributed by atoms with Crippen LogP contribution in [0.2, 0.25) is 0 Å². The minimum absolute atomic E-state index is 0.101. The van der Waals surface area contributed by atoms with Crippen molar-refractivity contribution < 1.29 is 22.2 Å². The Morgan fingerprint density at radius 1 is 1.03 bits per heavy atom. The maximum absolute atomic E-state index is 12.9. The lowest BCUT2D eigenvalue weighted by atomic mass is 10.2. The minimum atomic E-state index is -3.72. The van der Waals surface area contributed by atoms with Gasteiger partial charge in [0.15, 0.2) is 5.76 Å². The number of nitrogens with zero attached hydrogens (tertiary/aromatic N) is 4. The number of rotatable bonds is 4. The number of aryl methyl sites for hydroxylation is 4. The quantitative estimate of drug-likeness (QED) is 0.636. The predicted molar refractivity (Wildman–Crippen MR) is 117 cm³/mol. The molecule has 0 radical (unpaired) electrons. The molecular formula is C21H25N5O5S. The van der Waals surface area contributed by atoms with Crippen LogP contribution in [0.4, 0.5) is 10.5 Å². The maximum Gasteiger partial charge on any atom is 0.321 e. The Kier molecular flexibility index (Phi) is 5.78. The number of carbonyl (C=O) groups is 1. The van der Waals surface area contributed by atoms with Crippen LogP contribution in [0.25, 0.3) is 11.5 Å². The monoisotopic (exact) mass is 459 g/mol. The predicted octanol–water partition coefficient (Wildman–Crippen LogP) is 3.10. The topological polar surface area (TPSA) is 122 Å². The van der Waals surface area contributed by atoms with Gasteiger partial charge in [0.25, 0.3) is 0 Å². The molecule has 170 valence electrons. The number of urea groups is 1. The summed E-state index contributed by atoms with van der Waals surface area (Å²) in [4.78, 5) is 18.8. The molecule has 4 rings (SSSR count). The number of piperazine rings is 1. The standard InChI is InChI=1S/C21H25N5O5S/c1-13-15(3)30-20(22-13)17-6-5-7-18(12-17)23-21(27)25-8-10-26(11-9-25)32(28,29)19-14(2)24-31-16(19)4/h5-7,12H,8-11H2,1-4H3,(H,23,27). The van der Waals surface area contributed by atoms with E-state index in [2.05, 4.69) is 15.5 Å². The van der Waals surface area contributed by atoms with Gasteiger partial charge in [-0.25, -0.2) is 18.2 Å². The third-order valence-corrected chi connectivity index (χ3v) is 7.62.